The van der Waals surface area contributed by atoms with E-state index in [2.05, 4.69) is 39.7 Å². The molecule has 1 atom stereocenters. The number of nitrogens with zero attached hydrogens (tertiary/aromatic N) is 2. The molecule has 0 radical (unpaired) electrons. The van der Waals surface area contributed by atoms with Crippen molar-refractivity contribution in [3.05, 3.63) is 53.9 Å². The number of amidine groups is 1. The van der Waals surface area contributed by atoms with Crippen LogP contribution in [0.5, 0.6) is 0 Å². The molecule has 1 unspecified atom stereocenters. The fourth-order valence-corrected chi connectivity index (χ4v) is 2.83. The number of thioether (sulfide) groups is 1. The molecule has 0 fully saturated rings. The van der Waals surface area contributed by atoms with E-state index in [-0.39, 0.29) is 0 Å². The normalized spacial score (nSPS) is 18.7. The van der Waals surface area contributed by atoms with Crippen LogP contribution in [0.3, 0.4) is 0 Å². The highest BCUT2D eigenvalue weighted by molar-refractivity contribution is 8.14. The van der Waals surface area contributed by atoms with E-state index in [1.54, 1.807) is 18.0 Å². The van der Waals surface area contributed by atoms with E-state index in [1.807, 2.05) is 12.1 Å². The van der Waals surface area contributed by atoms with Crippen LogP contribution in [0.2, 0.25) is 0 Å². The molecule has 0 saturated heterocycles. The van der Waals surface area contributed by atoms with E-state index in [0.29, 0.717) is 11.8 Å². The molecule has 1 N–H and O–H groups in total. The molecule has 0 bridgehead atoms. The molecule has 5 heteroatoms. The van der Waals surface area contributed by atoms with Gasteiger partial charge in [-0.3, -0.25) is 4.99 Å². The molecule has 1 aliphatic rings. The average molecular weight is 259 g/mol. The van der Waals surface area contributed by atoms with Crippen LogP contribution in [0.1, 0.15) is 16.5 Å². The maximum Gasteiger partial charge on any atom is 0.157 e. The Morgan fingerprint density at radius 2 is 2.17 bits per heavy atom. The van der Waals surface area contributed by atoms with Crippen LogP contribution in [-0.4, -0.2) is 16.9 Å². The maximum atomic E-state index is 4.78. The molecule has 0 aliphatic carbocycles. The molecule has 0 spiro atoms. The van der Waals surface area contributed by atoms with Crippen molar-refractivity contribution in [1.29, 1.82) is 0 Å². The van der Waals surface area contributed by atoms with Crippen molar-refractivity contribution < 1.29 is 4.52 Å². The highest BCUT2D eigenvalue weighted by Crippen LogP contribution is 2.34. The smallest absolute Gasteiger partial charge is 0.157 e. The highest BCUT2D eigenvalue weighted by atomic mass is 32.2. The summed E-state index contributed by atoms with van der Waals surface area (Å²) >= 11 is 1.77. The third-order valence-corrected chi connectivity index (χ3v) is 3.94. The summed E-state index contributed by atoms with van der Waals surface area (Å²) in [5.74, 6) is 0. The van der Waals surface area contributed by atoms with Gasteiger partial charge in [-0.1, -0.05) is 47.3 Å². The lowest BCUT2D eigenvalue weighted by atomic mass is 10.1. The molecule has 18 heavy (non-hydrogen) atoms. The van der Waals surface area contributed by atoms with Crippen LogP contribution in [0, 0.1) is 0 Å². The van der Waals surface area contributed by atoms with Gasteiger partial charge in [0, 0.05) is 6.07 Å². The largest absolute Gasteiger partial charge is 0.364 e. The molecule has 1 aromatic carbocycles. The number of rotatable bonds is 3. The number of aromatic nitrogens is 1. The molecule has 92 valence electrons. The Bertz CT molecular complexity index is 524. The van der Waals surface area contributed by atoms with Gasteiger partial charge < -0.3 is 9.84 Å². The Labute approximate surface area is 109 Å². The van der Waals surface area contributed by atoms with Crippen LogP contribution in [0.15, 0.2) is 52.2 Å². The first-order valence-electron chi connectivity index (χ1n) is 5.81. The van der Waals surface area contributed by atoms with E-state index in [0.717, 1.165) is 17.4 Å². The van der Waals surface area contributed by atoms with Gasteiger partial charge >= 0.3 is 0 Å². The first-order valence-corrected chi connectivity index (χ1v) is 6.69. The average Bonchev–Trinajstić information content (AvgIpc) is 3.09. The summed E-state index contributed by atoms with van der Waals surface area (Å²) in [5, 5.41) is 8.53. The molecule has 0 amide bonds. The van der Waals surface area contributed by atoms with Crippen molar-refractivity contribution in [2.24, 2.45) is 4.99 Å². The minimum Gasteiger partial charge on any atom is -0.364 e. The van der Waals surface area contributed by atoms with Gasteiger partial charge in [-0.25, -0.2) is 0 Å². The quantitative estimate of drug-likeness (QED) is 0.920. The molecule has 1 aliphatic heterocycles. The number of aliphatic imine (C=N–C) groups is 1. The summed E-state index contributed by atoms with van der Waals surface area (Å²) in [5.41, 5.74) is 2.21. The van der Waals surface area contributed by atoms with Gasteiger partial charge in [0.1, 0.15) is 12.0 Å². The van der Waals surface area contributed by atoms with Gasteiger partial charge in [0.05, 0.1) is 18.3 Å². The Morgan fingerprint density at radius 3 is 2.94 bits per heavy atom. The minimum absolute atomic E-state index is 0.422. The molecule has 0 saturated carbocycles. The number of benzene rings is 1. The minimum atomic E-state index is 0.422. The van der Waals surface area contributed by atoms with Crippen LogP contribution in [-0.2, 0) is 6.54 Å². The van der Waals surface area contributed by atoms with Crippen molar-refractivity contribution in [1.82, 2.24) is 10.5 Å². The second-order valence-corrected chi connectivity index (χ2v) is 5.20. The molecular weight excluding hydrogens is 246 g/mol. The van der Waals surface area contributed by atoms with Gasteiger partial charge in [-0.15, -0.1) is 0 Å². The van der Waals surface area contributed by atoms with Crippen LogP contribution in [0.25, 0.3) is 0 Å². The zero-order valence-electron chi connectivity index (χ0n) is 9.74. The predicted octanol–water partition coefficient (Wildman–Crippen LogP) is 2.61. The Balaban J connectivity index is 1.55. The van der Waals surface area contributed by atoms with Gasteiger partial charge in [0.25, 0.3) is 0 Å². The Kier molecular flexibility index (Phi) is 3.32. The van der Waals surface area contributed by atoms with Crippen molar-refractivity contribution in [3.8, 4) is 0 Å². The lowest BCUT2D eigenvalue weighted by Crippen LogP contribution is -2.18. The van der Waals surface area contributed by atoms with Gasteiger partial charge in [-0.05, 0) is 5.56 Å². The van der Waals surface area contributed by atoms with E-state index in [1.165, 1.54) is 5.56 Å². The van der Waals surface area contributed by atoms with Crippen molar-refractivity contribution in [2.75, 3.05) is 6.54 Å². The van der Waals surface area contributed by atoms with Crippen molar-refractivity contribution >= 4 is 16.9 Å². The molecule has 3 rings (SSSR count). The van der Waals surface area contributed by atoms with Crippen LogP contribution in [0.4, 0.5) is 0 Å². The topological polar surface area (TPSA) is 50.4 Å². The van der Waals surface area contributed by atoms with E-state index in [4.69, 9.17) is 4.52 Å². The van der Waals surface area contributed by atoms with Crippen LogP contribution >= 0.6 is 11.8 Å². The number of nitrogens with one attached hydrogen (secondary N) is 1. The maximum absolute atomic E-state index is 4.78. The zero-order valence-corrected chi connectivity index (χ0v) is 10.6. The lowest BCUT2D eigenvalue weighted by Gasteiger charge is -2.08. The second-order valence-electron chi connectivity index (χ2n) is 4.01. The summed E-state index contributed by atoms with van der Waals surface area (Å²) in [6.07, 6.45) is 1.58. The van der Waals surface area contributed by atoms with Crippen molar-refractivity contribution in [3.63, 3.8) is 0 Å². The highest BCUT2D eigenvalue weighted by Gasteiger charge is 2.20. The summed E-state index contributed by atoms with van der Waals surface area (Å²) < 4.78 is 4.78. The van der Waals surface area contributed by atoms with Gasteiger partial charge in [-0.2, -0.15) is 0 Å². The molecule has 2 heterocycles. The summed E-state index contributed by atoms with van der Waals surface area (Å²) in [7, 11) is 0. The molecule has 1 aromatic heterocycles. The molecule has 4 nitrogen and oxygen atoms in total. The van der Waals surface area contributed by atoms with Gasteiger partial charge in [0.2, 0.25) is 0 Å². The second kappa shape index (κ2) is 5.27. The fraction of sp³-hybridized carbons (Fsp3) is 0.231. The van der Waals surface area contributed by atoms with E-state index >= 15 is 0 Å². The monoisotopic (exact) mass is 259 g/mol. The summed E-state index contributed by atoms with van der Waals surface area (Å²) in [6.45, 7) is 1.49. The fourth-order valence-electron chi connectivity index (χ4n) is 1.81. The van der Waals surface area contributed by atoms with Crippen LogP contribution < -0.4 is 5.32 Å². The third-order valence-electron chi connectivity index (χ3n) is 2.74. The van der Waals surface area contributed by atoms with E-state index < -0.39 is 0 Å². The predicted molar refractivity (Wildman–Crippen MR) is 72.4 cm³/mol. The van der Waals surface area contributed by atoms with Crippen molar-refractivity contribution in [2.45, 2.75) is 11.8 Å². The third kappa shape index (κ3) is 2.56. The van der Waals surface area contributed by atoms with E-state index in [9.17, 15) is 0 Å². The standard InChI is InChI=1S/C13H13N3OS/c1-2-4-10(5-3-1)12-9-15-13(18-12)14-8-11-6-7-17-16-11/h1-7,12H,8-9H2,(H,14,15). The SMILES string of the molecule is c1ccc(C2CN=C(NCc3ccon3)S2)cc1. The van der Waals surface area contributed by atoms with Gasteiger partial charge in [0.15, 0.2) is 5.17 Å². The number of hydrogen-bond donors (Lipinski definition) is 1. The first kappa shape index (κ1) is 11.3. The summed E-state index contributed by atoms with van der Waals surface area (Å²) in [4.78, 5) is 4.50. The molecule has 2 aromatic rings. The first-order chi connectivity index (χ1) is 8.92. The Morgan fingerprint density at radius 1 is 1.28 bits per heavy atom. The number of hydrogen-bond acceptors (Lipinski definition) is 5. The molecular formula is C13H13N3OS. The lowest BCUT2D eigenvalue weighted by molar-refractivity contribution is 0.411. The summed E-state index contributed by atoms with van der Waals surface area (Å²) in [6, 6.07) is 12.3. The zero-order chi connectivity index (χ0) is 12.2. The Hall–Kier alpha value is -1.75.